The third-order valence-electron chi connectivity index (χ3n) is 8.49. The lowest BCUT2D eigenvalue weighted by Crippen LogP contribution is -2.14. The number of thioether (sulfide) groups is 1. The quantitative estimate of drug-likeness (QED) is 0.0783. The van der Waals surface area contributed by atoms with Crippen molar-refractivity contribution in [3.05, 3.63) is 88.5 Å². The Hall–Kier alpha value is -2.39. The van der Waals surface area contributed by atoms with E-state index in [9.17, 15) is 0 Å². The highest BCUT2D eigenvalue weighted by molar-refractivity contribution is 7.99. The van der Waals surface area contributed by atoms with Crippen molar-refractivity contribution in [3.8, 4) is 0 Å². The fourth-order valence-electron chi connectivity index (χ4n) is 5.84. The van der Waals surface area contributed by atoms with Crippen LogP contribution in [0.1, 0.15) is 119 Å². The molecule has 2 nitrogen and oxygen atoms in total. The zero-order chi connectivity index (χ0) is 30.3. The zero-order valence-electron chi connectivity index (χ0n) is 27.8. The van der Waals surface area contributed by atoms with Crippen LogP contribution in [0.2, 0.25) is 0 Å². The SMILES string of the molecule is CCCCCCc1cc(N(C)C)ccc1C(c1ccc(SCCCC)cc1)c1ccc(N(C)C)cc1CCCCCC. The standard InChI is InChI=1S/C39H58N2S/c1-8-11-14-16-18-32-29-34(40(4)5)22-26-37(32)39(31-20-24-36(25-21-31)42-28-13-10-3)38-27-23-35(41(6)7)30-33(38)19-17-15-12-9-2/h20-27,29-30,39H,8-19,28H2,1-7H3. The van der Waals surface area contributed by atoms with E-state index in [4.69, 9.17) is 0 Å². The maximum Gasteiger partial charge on any atom is 0.0363 e. The van der Waals surface area contributed by atoms with E-state index in [-0.39, 0.29) is 5.92 Å². The molecule has 0 saturated carbocycles. The van der Waals surface area contributed by atoms with Crippen molar-refractivity contribution in [2.45, 2.75) is 109 Å². The summed E-state index contributed by atoms with van der Waals surface area (Å²) in [4.78, 5) is 5.89. The first-order valence-electron chi connectivity index (χ1n) is 16.7. The number of hydrogen-bond acceptors (Lipinski definition) is 3. The molecule has 3 heteroatoms. The van der Waals surface area contributed by atoms with Gasteiger partial charge in [-0.25, -0.2) is 0 Å². The van der Waals surface area contributed by atoms with Crippen LogP contribution in [0.3, 0.4) is 0 Å². The minimum atomic E-state index is 0.231. The van der Waals surface area contributed by atoms with Gasteiger partial charge in [0.25, 0.3) is 0 Å². The molecule has 0 aromatic heterocycles. The Labute approximate surface area is 263 Å². The average molecular weight is 587 g/mol. The number of benzene rings is 3. The number of anilines is 2. The van der Waals surface area contributed by atoms with Gasteiger partial charge in [-0.2, -0.15) is 0 Å². The van der Waals surface area contributed by atoms with E-state index in [1.54, 1.807) is 0 Å². The lowest BCUT2D eigenvalue weighted by Gasteiger charge is -2.27. The number of aryl methyl sites for hydroxylation is 2. The molecule has 3 aromatic carbocycles. The van der Waals surface area contributed by atoms with Gasteiger partial charge in [0.05, 0.1) is 0 Å². The van der Waals surface area contributed by atoms with Crippen LogP contribution in [-0.4, -0.2) is 33.9 Å². The molecule has 0 amide bonds. The van der Waals surface area contributed by atoms with Gasteiger partial charge in [0.15, 0.2) is 0 Å². The minimum absolute atomic E-state index is 0.231. The van der Waals surface area contributed by atoms with Crippen molar-refractivity contribution in [2.24, 2.45) is 0 Å². The smallest absolute Gasteiger partial charge is 0.0363 e. The predicted molar refractivity (Wildman–Crippen MR) is 190 cm³/mol. The first-order chi connectivity index (χ1) is 20.4. The van der Waals surface area contributed by atoms with Gasteiger partial charge >= 0.3 is 0 Å². The Morgan fingerprint density at radius 2 is 1.02 bits per heavy atom. The van der Waals surface area contributed by atoms with Crippen LogP contribution < -0.4 is 9.80 Å². The molecule has 42 heavy (non-hydrogen) atoms. The molecule has 0 N–H and O–H groups in total. The van der Waals surface area contributed by atoms with E-state index in [1.807, 2.05) is 11.8 Å². The second kappa shape index (κ2) is 18.3. The Balaban J connectivity index is 2.15. The van der Waals surface area contributed by atoms with Crippen LogP contribution in [0.5, 0.6) is 0 Å². The molecule has 0 spiro atoms. The summed E-state index contributed by atoms with van der Waals surface area (Å²) in [5.74, 6) is 1.43. The molecule has 0 atom stereocenters. The van der Waals surface area contributed by atoms with Gasteiger partial charge in [-0.15, -0.1) is 11.8 Å². The molecule has 3 aromatic rings. The summed E-state index contributed by atoms with van der Waals surface area (Å²) in [5.41, 5.74) is 10.00. The van der Waals surface area contributed by atoms with E-state index < -0.39 is 0 Å². The van der Waals surface area contributed by atoms with E-state index in [0.29, 0.717) is 0 Å². The van der Waals surface area contributed by atoms with Crippen LogP contribution in [-0.2, 0) is 12.8 Å². The summed E-state index contributed by atoms with van der Waals surface area (Å²) in [6, 6.07) is 24.1. The molecule has 0 radical (unpaired) electrons. The van der Waals surface area contributed by atoms with Gasteiger partial charge in [0.1, 0.15) is 0 Å². The molecule has 0 bridgehead atoms. The largest absolute Gasteiger partial charge is 0.378 e. The molecule has 0 heterocycles. The maximum atomic E-state index is 2.47. The second-order valence-corrected chi connectivity index (χ2v) is 13.5. The summed E-state index contributed by atoms with van der Waals surface area (Å²) in [7, 11) is 8.65. The first kappa shape index (κ1) is 34.1. The van der Waals surface area contributed by atoms with Gasteiger partial charge in [0, 0.05) is 50.4 Å². The molecule has 3 rings (SSSR count). The van der Waals surface area contributed by atoms with Crippen molar-refractivity contribution >= 4 is 23.1 Å². The van der Waals surface area contributed by atoms with Crippen molar-refractivity contribution in [1.82, 2.24) is 0 Å². The lowest BCUT2D eigenvalue weighted by molar-refractivity contribution is 0.660. The summed E-state index contributed by atoms with van der Waals surface area (Å²) >= 11 is 1.99. The topological polar surface area (TPSA) is 6.48 Å². The normalized spacial score (nSPS) is 11.3. The fourth-order valence-corrected chi connectivity index (χ4v) is 6.84. The Kier molecular flexibility index (Phi) is 14.9. The third-order valence-corrected chi connectivity index (χ3v) is 9.59. The average Bonchev–Trinajstić information content (AvgIpc) is 2.99. The molecule has 0 aliphatic carbocycles. The van der Waals surface area contributed by atoms with Gasteiger partial charge in [-0.1, -0.05) is 90.0 Å². The lowest BCUT2D eigenvalue weighted by atomic mass is 9.79. The molecule has 0 aliphatic rings. The van der Waals surface area contributed by atoms with Gasteiger partial charge in [-0.05, 0) is 102 Å². The van der Waals surface area contributed by atoms with E-state index in [2.05, 4.69) is 119 Å². The third kappa shape index (κ3) is 10.1. The summed E-state index contributed by atoms with van der Waals surface area (Å²) in [6.07, 6.45) is 15.1. The predicted octanol–water partition coefficient (Wildman–Crippen LogP) is 11.1. The number of rotatable bonds is 19. The van der Waals surface area contributed by atoms with E-state index >= 15 is 0 Å². The highest BCUT2D eigenvalue weighted by atomic mass is 32.2. The molecular weight excluding hydrogens is 529 g/mol. The highest BCUT2D eigenvalue weighted by Crippen LogP contribution is 2.40. The van der Waals surface area contributed by atoms with Crippen molar-refractivity contribution in [3.63, 3.8) is 0 Å². The Bertz CT molecular complexity index is 1110. The Morgan fingerprint density at radius 3 is 1.45 bits per heavy atom. The van der Waals surface area contributed by atoms with Crippen LogP contribution >= 0.6 is 11.8 Å². The molecule has 0 unspecified atom stereocenters. The summed E-state index contributed by atoms with van der Waals surface area (Å²) in [6.45, 7) is 6.88. The molecule has 0 aliphatic heterocycles. The van der Waals surface area contributed by atoms with Gasteiger partial charge < -0.3 is 9.80 Å². The molecular formula is C39H58N2S. The second-order valence-electron chi connectivity index (χ2n) is 12.4. The van der Waals surface area contributed by atoms with Crippen LogP contribution in [0.15, 0.2) is 65.6 Å². The van der Waals surface area contributed by atoms with Crippen LogP contribution in [0.25, 0.3) is 0 Å². The van der Waals surface area contributed by atoms with E-state index in [0.717, 1.165) is 12.8 Å². The van der Waals surface area contributed by atoms with Crippen LogP contribution in [0.4, 0.5) is 11.4 Å². The van der Waals surface area contributed by atoms with Crippen molar-refractivity contribution in [1.29, 1.82) is 0 Å². The molecule has 230 valence electrons. The summed E-state index contributed by atoms with van der Waals surface area (Å²) in [5, 5.41) is 0. The number of nitrogens with zero attached hydrogens (tertiary/aromatic N) is 2. The van der Waals surface area contributed by atoms with Crippen molar-refractivity contribution < 1.29 is 0 Å². The van der Waals surface area contributed by atoms with E-state index in [1.165, 1.54) is 114 Å². The monoisotopic (exact) mass is 586 g/mol. The number of hydrogen-bond donors (Lipinski definition) is 0. The van der Waals surface area contributed by atoms with Crippen molar-refractivity contribution in [2.75, 3.05) is 43.7 Å². The molecule has 0 saturated heterocycles. The minimum Gasteiger partial charge on any atom is -0.378 e. The summed E-state index contributed by atoms with van der Waals surface area (Å²) < 4.78 is 0. The fraction of sp³-hybridized carbons (Fsp3) is 0.538. The maximum absolute atomic E-state index is 2.47. The van der Waals surface area contributed by atoms with Gasteiger partial charge in [0.2, 0.25) is 0 Å². The van der Waals surface area contributed by atoms with Gasteiger partial charge in [-0.3, -0.25) is 0 Å². The first-order valence-corrected chi connectivity index (χ1v) is 17.7. The van der Waals surface area contributed by atoms with Crippen LogP contribution in [0, 0.1) is 0 Å². The molecule has 0 fully saturated rings. The highest BCUT2D eigenvalue weighted by Gasteiger charge is 2.23. The zero-order valence-corrected chi connectivity index (χ0v) is 28.7. The number of unbranched alkanes of at least 4 members (excludes halogenated alkanes) is 7. The Morgan fingerprint density at radius 1 is 0.548 bits per heavy atom.